The smallest absolute Gasteiger partial charge is 0.422 e. The van der Waals surface area contributed by atoms with Crippen molar-refractivity contribution in [3.63, 3.8) is 0 Å². The molecule has 6 nitrogen and oxygen atoms in total. The second-order valence-electron chi connectivity index (χ2n) is 5.55. The van der Waals surface area contributed by atoms with Gasteiger partial charge in [0.05, 0.1) is 17.9 Å². The van der Waals surface area contributed by atoms with Crippen molar-refractivity contribution in [3.8, 4) is 0 Å². The quantitative estimate of drug-likeness (QED) is 0.843. The first-order chi connectivity index (χ1) is 9.37. The Morgan fingerprint density at radius 3 is 2.85 bits per heavy atom. The Hall–Kier alpha value is -2.08. The van der Waals surface area contributed by atoms with Gasteiger partial charge in [0.15, 0.2) is 0 Å². The molecule has 0 aliphatic rings. The first-order valence-corrected chi connectivity index (χ1v) is 6.51. The highest BCUT2D eigenvalue weighted by Gasteiger charge is 2.16. The van der Waals surface area contributed by atoms with Gasteiger partial charge in [0, 0.05) is 6.20 Å². The Labute approximate surface area is 118 Å². The van der Waals surface area contributed by atoms with Gasteiger partial charge in [-0.2, -0.15) is 0 Å². The molecule has 1 amide bonds. The largest absolute Gasteiger partial charge is 0.443 e. The van der Waals surface area contributed by atoms with Crippen molar-refractivity contribution in [2.75, 3.05) is 0 Å². The highest BCUT2D eigenvalue weighted by atomic mass is 16.6. The van der Waals surface area contributed by atoms with Gasteiger partial charge >= 0.3 is 6.09 Å². The molecule has 0 unspecified atom stereocenters. The summed E-state index contributed by atoms with van der Waals surface area (Å²) in [6, 6.07) is 5.83. The number of nitrogens with one attached hydrogen (secondary N) is 2. The summed E-state index contributed by atoms with van der Waals surface area (Å²) in [4.78, 5) is 16.0. The fraction of sp³-hybridized carbons (Fsp3) is 0.429. The van der Waals surface area contributed by atoms with Gasteiger partial charge in [-0.05, 0) is 39.8 Å². The number of imidazole rings is 1. The van der Waals surface area contributed by atoms with Crippen molar-refractivity contribution in [3.05, 3.63) is 35.8 Å². The third-order valence-corrected chi connectivity index (χ3v) is 2.67. The fourth-order valence-electron chi connectivity index (χ4n) is 1.88. The van der Waals surface area contributed by atoms with Gasteiger partial charge in [-0.1, -0.05) is 6.07 Å². The molecule has 2 heterocycles. The minimum Gasteiger partial charge on any atom is -0.443 e. The number of rotatable bonds is 3. The second-order valence-corrected chi connectivity index (χ2v) is 5.55. The minimum absolute atomic E-state index is 0.469. The number of amides is 1. The van der Waals surface area contributed by atoms with Crippen LogP contribution in [0, 0.1) is 6.92 Å². The maximum atomic E-state index is 11.5. The molecule has 0 spiro atoms. The number of hydrogen-bond acceptors (Lipinski definition) is 4. The van der Waals surface area contributed by atoms with Crippen molar-refractivity contribution in [2.24, 2.45) is 0 Å². The molecule has 108 valence electrons. The maximum absolute atomic E-state index is 11.5. The lowest BCUT2D eigenvalue weighted by Crippen LogP contribution is -2.41. The van der Waals surface area contributed by atoms with Crippen molar-refractivity contribution < 1.29 is 9.53 Å². The third-order valence-electron chi connectivity index (χ3n) is 2.67. The molecular weight excluding hydrogens is 256 g/mol. The molecule has 20 heavy (non-hydrogen) atoms. The average molecular weight is 276 g/mol. The van der Waals surface area contributed by atoms with Gasteiger partial charge in [0.1, 0.15) is 11.2 Å². The summed E-state index contributed by atoms with van der Waals surface area (Å²) in [6.07, 6.45) is 1.45. The fourth-order valence-corrected chi connectivity index (χ4v) is 1.88. The number of ether oxygens (including phenoxy) is 1. The van der Waals surface area contributed by atoms with Crippen LogP contribution in [-0.4, -0.2) is 21.1 Å². The zero-order valence-corrected chi connectivity index (χ0v) is 12.2. The van der Waals surface area contributed by atoms with Crippen molar-refractivity contribution in [1.29, 1.82) is 0 Å². The van der Waals surface area contributed by atoms with E-state index in [1.165, 1.54) is 0 Å². The Balaban J connectivity index is 1.96. The number of hydrazine groups is 1. The first-order valence-electron chi connectivity index (χ1n) is 6.51. The van der Waals surface area contributed by atoms with Crippen LogP contribution in [0.15, 0.2) is 24.4 Å². The van der Waals surface area contributed by atoms with Gasteiger partial charge in [0.25, 0.3) is 0 Å². The van der Waals surface area contributed by atoms with E-state index in [-0.39, 0.29) is 0 Å². The number of nitrogens with zero attached hydrogens (tertiary/aromatic N) is 2. The number of fused-ring (bicyclic) bond motifs is 1. The van der Waals surface area contributed by atoms with E-state index in [1.807, 2.05) is 56.5 Å². The van der Waals surface area contributed by atoms with Crippen LogP contribution >= 0.6 is 0 Å². The van der Waals surface area contributed by atoms with Gasteiger partial charge in [-0.15, -0.1) is 0 Å². The summed E-state index contributed by atoms with van der Waals surface area (Å²) >= 11 is 0. The van der Waals surface area contributed by atoms with E-state index in [2.05, 4.69) is 15.8 Å². The minimum atomic E-state index is -0.509. The molecular formula is C14H20N4O2. The van der Waals surface area contributed by atoms with Crippen molar-refractivity contribution in [2.45, 2.75) is 39.8 Å². The standard InChI is InChI=1S/C14H20N4O2/c1-10-11(18-8-6-5-7-12(18)16-10)9-15-17-13(19)20-14(2,3)4/h5-8,15H,9H2,1-4H3,(H,17,19). The van der Waals surface area contributed by atoms with Crippen LogP contribution in [0.4, 0.5) is 4.79 Å². The molecule has 0 bridgehead atoms. The number of hydrogen-bond donors (Lipinski definition) is 2. The van der Waals surface area contributed by atoms with Crippen LogP contribution in [0.2, 0.25) is 0 Å². The van der Waals surface area contributed by atoms with E-state index in [0.29, 0.717) is 6.54 Å². The second kappa shape index (κ2) is 5.50. The lowest BCUT2D eigenvalue weighted by molar-refractivity contribution is 0.0496. The molecule has 2 aromatic heterocycles. The number of pyridine rings is 1. The van der Waals surface area contributed by atoms with E-state index >= 15 is 0 Å². The first kappa shape index (κ1) is 14.3. The van der Waals surface area contributed by atoms with Crippen LogP contribution in [-0.2, 0) is 11.3 Å². The molecule has 2 aromatic rings. The molecule has 0 aliphatic carbocycles. The van der Waals surface area contributed by atoms with Crippen LogP contribution in [0.3, 0.4) is 0 Å². The van der Waals surface area contributed by atoms with Gasteiger partial charge in [-0.25, -0.2) is 15.2 Å². The number of aryl methyl sites for hydroxylation is 1. The van der Waals surface area contributed by atoms with E-state index < -0.39 is 11.7 Å². The third kappa shape index (κ3) is 3.48. The molecule has 0 aromatic carbocycles. The summed E-state index contributed by atoms with van der Waals surface area (Å²) in [7, 11) is 0. The monoisotopic (exact) mass is 276 g/mol. The average Bonchev–Trinajstić information content (AvgIpc) is 2.64. The van der Waals surface area contributed by atoms with Crippen LogP contribution < -0.4 is 10.9 Å². The Bertz CT molecular complexity index is 613. The molecule has 2 rings (SSSR count). The molecule has 0 fully saturated rings. The van der Waals surface area contributed by atoms with Crippen LogP contribution in [0.1, 0.15) is 32.2 Å². The highest BCUT2D eigenvalue weighted by Crippen LogP contribution is 2.11. The van der Waals surface area contributed by atoms with Gasteiger partial charge in [0.2, 0.25) is 0 Å². The Kier molecular flexibility index (Phi) is 3.94. The summed E-state index contributed by atoms with van der Waals surface area (Å²) in [5, 5.41) is 0. The lowest BCUT2D eigenvalue weighted by Gasteiger charge is -2.19. The summed E-state index contributed by atoms with van der Waals surface area (Å²) < 4.78 is 7.13. The number of carbonyl (C=O) groups excluding carboxylic acids is 1. The zero-order chi connectivity index (χ0) is 14.8. The molecule has 0 saturated heterocycles. The zero-order valence-electron chi connectivity index (χ0n) is 12.2. The lowest BCUT2D eigenvalue weighted by atomic mass is 10.2. The molecule has 0 saturated carbocycles. The SMILES string of the molecule is Cc1nc2ccccn2c1CNNC(=O)OC(C)(C)C. The molecule has 0 atom stereocenters. The summed E-state index contributed by atoms with van der Waals surface area (Å²) in [6.45, 7) is 7.87. The molecule has 0 radical (unpaired) electrons. The van der Waals surface area contributed by atoms with Crippen LogP contribution in [0.25, 0.3) is 5.65 Å². The van der Waals surface area contributed by atoms with Crippen molar-refractivity contribution in [1.82, 2.24) is 20.2 Å². The van der Waals surface area contributed by atoms with E-state index in [9.17, 15) is 4.79 Å². The molecule has 2 N–H and O–H groups in total. The highest BCUT2D eigenvalue weighted by molar-refractivity contribution is 5.67. The predicted molar refractivity (Wildman–Crippen MR) is 76.1 cm³/mol. The Morgan fingerprint density at radius 1 is 1.40 bits per heavy atom. The summed E-state index contributed by atoms with van der Waals surface area (Å²) in [5.41, 5.74) is 7.68. The van der Waals surface area contributed by atoms with E-state index in [0.717, 1.165) is 17.0 Å². The Morgan fingerprint density at radius 2 is 2.15 bits per heavy atom. The number of carbonyl (C=O) groups is 1. The summed E-state index contributed by atoms with van der Waals surface area (Å²) in [5.74, 6) is 0. The maximum Gasteiger partial charge on any atom is 0.422 e. The topological polar surface area (TPSA) is 67.7 Å². The van der Waals surface area contributed by atoms with E-state index in [1.54, 1.807) is 0 Å². The number of aromatic nitrogens is 2. The molecule has 0 aliphatic heterocycles. The van der Waals surface area contributed by atoms with Gasteiger partial charge < -0.3 is 9.14 Å². The van der Waals surface area contributed by atoms with Gasteiger partial charge in [-0.3, -0.25) is 5.43 Å². The van der Waals surface area contributed by atoms with Crippen molar-refractivity contribution >= 4 is 11.7 Å². The molecule has 6 heteroatoms. The normalized spacial score (nSPS) is 11.6. The predicted octanol–water partition coefficient (Wildman–Crippen LogP) is 2.17. The van der Waals surface area contributed by atoms with Crippen LogP contribution in [0.5, 0.6) is 0 Å². The van der Waals surface area contributed by atoms with E-state index in [4.69, 9.17) is 4.74 Å².